The van der Waals surface area contributed by atoms with Gasteiger partial charge in [0.15, 0.2) is 0 Å². The second kappa shape index (κ2) is 7.78. The topological polar surface area (TPSA) is 58.1 Å². The van der Waals surface area contributed by atoms with Crippen molar-refractivity contribution in [3.05, 3.63) is 77.6 Å². The minimum absolute atomic E-state index is 0.252. The van der Waals surface area contributed by atoms with Crippen molar-refractivity contribution in [2.75, 3.05) is 16.8 Å². The van der Waals surface area contributed by atoms with Crippen LogP contribution in [-0.2, 0) is 0 Å². The van der Waals surface area contributed by atoms with Crippen LogP contribution in [0.2, 0.25) is 0 Å². The summed E-state index contributed by atoms with van der Waals surface area (Å²) >= 11 is 0. The first-order valence-electron chi connectivity index (χ1n) is 8.62. The fourth-order valence-electron chi connectivity index (χ4n) is 2.67. The molecule has 3 aromatic rings. The highest BCUT2D eigenvalue weighted by molar-refractivity contribution is 6.03. The third-order valence-electron chi connectivity index (χ3n) is 4.06. The Labute approximate surface area is 153 Å². The van der Waals surface area contributed by atoms with Gasteiger partial charge in [0.25, 0.3) is 5.91 Å². The molecule has 1 amide bonds. The van der Waals surface area contributed by atoms with Crippen molar-refractivity contribution in [3.63, 3.8) is 0 Å². The monoisotopic (exact) mass is 346 g/mol. The van der Waals surface area contributed by atoms with E-state index in [0.717, 1.165) is 22.5 Å². The third-order valence-corrected chi connectivity index (χ3v) is 4.06. The molecule has 0 bridgehead atoms. The van der Waals surface area contributed by atoms with Crippen LogP contribution in [0.5, 0.6) is 0 Å². The summed E-state index contributed by atoms with van der Waals surface area (Å²) in [5.41, 5.74) is 4.38. The molecule has 132 valence electrons. The minimum atomic E-state index is -0.252. The number of rotatable bonds is 5. The number of amides is 1. The lowest BCUT2D eigenvalue weighted by atomic mass is 10.2. The SMILES string of the molecule is CCN(c1cccc(C)c1)c1nccc(C(=O)Nc2ccc(C)cc2)n1. The zero-order valence-electron chi connectivity index (χ0n) is 15.2. The predicted octanol–water partition coefficient (Wildman–Crippen LogP) is 4.50. The van der Waals surface area contributed by atoms with Crippen LogP contribution in [0.1, 0.15) is 28.5 Å². The number of aryl methyl sites for hydroxylation is 2. The Balaban J connectivity index is 1.84. The fourth-order valence-corrected chi connectivity index (χ4v) is 2.67. The predicted molar refractivity (Wildman–Crippen MR) is 105 cm³/mol. The van der Waals surface area contributed by atoms with Gasteiger partial charge in [0.05, 0.1) is 0 Å². The Morgan fingerprint density at radius 3 is 2.50 bits per heavy atom. The second-order valence-electron chi connectivity index (χ2n) is 6.15. The maximum absolute atomic E-state index is 12.5. The van der Waals surface area contributed by atoms with Gasteiger partial charge in [-0.25, -0.2) is 9.97 Å². The molecule has 2 aromatic carbocycles. The van der Waals surface area contributed by atoms with Crippen LogP contribution in [0.25, 0.3) is 0 Å². The maximum atomic E-state index is 12.5. The lowest BCUT2D eigenvalue weighted by Crippen LogP contribution is -2.21. The summed E-state index contributed by atoms with van der Waals surface area (Å²) < 4.78 is 0. The van der Waals surface area contributed by atoms with Crippen LogP contribution in [0.15, 0.2) is 60.8 Å². The van der Waals surface area contributed by atoms with Gasteiger partial charge in [-0.3, -0.25) is 4.79 Å². The van der Waals surface area contributed by atoms with Crippen molar-refractivity contribution in [1.29, 1.82) is 0 Å². The molecule has 26 heavy (non-hydrogen) atoms. The van der Waals surface area contributed by atoms with Crippen LogP contribution in [-0.4, -0.2) is 22.4 Å². The Morgan fingerprint density at radius 2 is 1.81 bits per heavy atom. The van der Waals surface area contributed by atoms with E-state index in [1.54, 1.807) is 12.3 Å². The number of anilines is 3. The van der Waals surface area contributed by atoms with Crippen LogP contribution in [0, 0.1) is 13.8 Å². The Morgan fingerprint density at radius 1 is 1.04 bits per heavy atom. The molecule has 0 unspecified atom stereocenters. The van der Waals surface area contributed by atoms with Crippen LogP contribution < -0.4 is 10.2 Å². The summed E-state index contributed by atoms with van der Waals surface area (Å²) in [6.07, 6.45) is 1.62. The van der Waals surface area contributed by atoms with E-state index >= 15 is 0 Å². The van der Waals surface area contributed by atoms with E-state index in [4.69, 9.17) is 0 Å². The molecule has 0 fully saturated rings. The molecule has 0 saturated carbocycles. The van der Waals surface area contributed by atoms with Crippen molar-refractivity contribution in [1.82, 2.24) is 9.97 Å². The molecule has 0 aliphatic carbocycles. The number of nitrogens with zero attached hydrogens (tertiary/aromatic N) is 3. The lowest BCUT2D eigenvalue weighted by molar-refractivity contribution is 0.102. The molecule has 0 saturated heterocycles. The summed E-state index contributed by atoms with van der Waals surface area (Å²) in [5, 5.41) is 2.87. The number of benzene rings is 2. The van der Waals surface area contributed by atoms with Crippen molar-refractivity contribution < 1.29 is 4.79 Å². The second-order valence-corrected chi connectivity index (χ2v) is 6.15. The third kappa shape index (κ3) is 4.06. The normalized spacial score (nSPS) is 10.4. The average Bonchev–Trinajstić information content (AvgIpc) is 2.65. The molecule has 0 aliphatic rings. The quantitative estimate of drug-likeness (QED) is 0.739. The van der Waals surface area contributed by atoms with Crippen molar-refractivity contribution in [2.45, 2.75) is 20.8 Å². The zero-order valence-corrected chi connectivity index (χ0v) is 15.2. The minimum Gasteiger partial charge on any atom is -0.321 e. The van der Waals surface area contributed by atoms with Crippen LogP contribution in [0.4, 0.5) is 17.3 Å². The molecular weight excluding hydrogens is 324 g/mol. The van der Waals surface area contributed by atoms with E-state index in [2.05, 4.69) is 21.4 Å². The maximum Gasteiger partial charge on any atom is 0.274 e. The van der Waals surface area contributed by atoms with Crippen molar-refractivity contribution in [2.24, 2.45) is 0 Å². The van der Waals surface area contributed by atoms with E-state index in [1.165, 1.54) is 0 Å². The lowest BCUT2D eigenvalue weighted by Gasteiger charge is -2.21. The molecule has 0 spiro atoms. The van der Waals surface area contributed by atoms with Gasteiger partial charge in [0.1, 0.15) is 5.69 Å². The highest BCUT2D eigenvalue weighted by Crippen LogP contribution is 2.22. The van der Waals surface area contributed by atoms with Gasteiger partial charge in [0, 0.05) is 24.1 Å². The molecule has 0 atom stereocenters. The van der Waals surface area contributed by atoms with E-state index < -0.39 is 0 Å². The number of hydrogen-bond donors (Lipinski definition) is 1. The Hall–Kier alpha value is -3.21. The van der Waals surface area contributed by atoms with E-state index in [1.807, 2.05) is 68.1 Å². The molecule has 3 rings (SSSR count). The number of nitrogens with one attached hydrogen (secondary N) is 1. The van der Waals surface area contributed by atoms with E-state index in [-0.39, 0.29) is 5.91 Å². The summed E-state index contributed by atoms with van der Waals surface area (Å²) in [5.74, 6) is 0.257. The molecule has 1 heterocycles. The van der Waals surface area contributed by atoms with Crippen LogP contribution >= 0.6 is 0 Å². The molecule has 5 nitrogen and oxygen atoms in total. The number of carbonyl (C=O) groups is 1. The zero-order chi connectivity index (χ0) is 18.5. The van der Waals surface area contributed by atoms with Gasteiger partial charge in [0.2, 0.25) is 5.95 Å². The van der Waals surface area contributed by atoms with Crippen molar-refractivity contribution in [3.8, 4) is 0 Å². The smallest absolute Gasteiger partial charge is 0.274 e. The van der Waals surface area contributed by atoms with Gasteiger partial charge in [-0.2, -0.15) is 0 Å². The average molecular weight is 346 g/mol. The van der Waals surface area contributed by atoms with Gasteiger partial charge in [-0.1, -0.05) is 29.8 Å². The number of carbonyl (C=O) groups excluding carboxylic acids is 1. The summed E-state index contributed by atoms with van der Waals surface area (Å²) in [6, 6.07) is 17.4. The standard InChI is InChI=1S/C21H22N4O/c1-4-25(18-7-5-6-16(3)14-18)21-22-13-12-19(24-21)20(26)23-17-10-8-15(2)9-11-17/h5-14H,4H2,1-3H3,(H,23,26). The van der Waals surface area contributed by atoms with Gasteiger partial charge in [-0.05, 0) is 56.7 Å². The highest BCUT2D eigenvalue weighted by Gasteiger charge is 2.14. The summed E-state index contributed by atoms with van der Waals surface area (Å²) in [6.45, 7) is 6.79. The molecule has 5 heteroatoms. The molecule has 0 aliphatic heterocycles. The van der Waals surface area contributed by atoms with Crippen LogP contribution in [0.3, 0.4) is 0 Å². The fraction of sp³-hybridized carbons (Fsp3) is 0.190. The first-order chi connectivity index (χ1) is 12.6. The van der Waals surface area contributed by atoms with Gasteiger partial charge < -0.3 is 10.2 Å². The van der Waals surface area contributed by atoms with E-state index in [0.29, 0.717) is 18.2 Å². The first kappa shape index (κ1) is 17.6. The number of aromatic nitrogens is 2. The largest absolute Gasteiger partial charge is 0.321 e. The van der Waals surface area contributed by atoms with E-state index in [9.17, 15) is 4.79 Å². The molecular formula is C21H22N4O. The highest BCUT2D eigenvalue weighted by atomic mass is 16.1. The molecule has 0 radical (unpaired) electrons. The molecule has 1 aromatic heterocycles. The van der Waals surface area contributed by atoms with Crippen molar-refractivity contribution >= 4 is 23.2 Å². The first-order valence-corrected chi connectivity index (χ1v) is 8.62. The van der Waals surface area contributed by atoms with Gasteiger partial charge in [-0.15, -0.1) is 0 Å². The Bertz CT molecular complexity index is 906. The van der Waals surface area contributed by atoms with Gasteiger partial charge >= 0.3 is 0 Å². The molecule has 1 N–H and O–H groups in total. The number of hydrogen-bond acceptors (Lipinski definition) is 4. The summed E-state index contributed by atoms with van der Waals surface area (Å²) in [7, 11) is 0. The Kier molecular flexibility index (Phi) is 5.27. The summed E-state index contributed by atoms with van der Waals surface area (Å²) in [4.78, 5) is 23.3.